The Balaban J connectivity index is 1.96. The summed E-state index contributed by atoms with van der Waals surface area (Å²) >= 11 is 0. The molecule has 1 saturated heterocycles. The predicted molar refractivity (Wildman–Crippen MR) is 88.6 cm³/mol. The van der Waals surface area contributed by atoms with Crippen molar-refractivity contribution in [3.05, 3.63) is 35.0 Å². The highest BCUT2D eigenvalue weighted by Crippen LogP contribution is 2.26. The number of aromatic amines is 1. The Hall–Kier alpha value is -2.30. The summed E-state index contributed by atoms with van der Waals surface area (Å²) in [5.41, 5.74) is 3.63. The number of carbonyl (C=O) groups is 2. The van der Waals surface area contributed by atoms with Gasteiger partial charge in [-0.05, 0) is 55.9 Å². The Labute approximate surface area is 135 Å². The molecule has 0 aliphatic carbocycles. The molecule has 2 heterocycles. The van der Waals surface area contributed by atoms with E-state index in [1.165, 1.54) is 4.90 Å². The molecule has 0 radical (unpaired) electrons. The van der Waals surface area contributed by atoms with E-state index in [-0.39, 0.29) is 5.91 Å². The maximum Gasteiger partial charge on any atom is 0.326 e. The van der Waals surface area contributed by atoms with Crippen molar-refractivity contribution in [2.75, 3.05) is 6.54 Å². The van der Waals surface area contributed by atoms with Crippen molar-refractivity contribution in [3.63, 3.8) is 0 Å². The van der Waals surface area contributed by atoms with Gasteiger partial charge >= 0.3 is 5.97 Å². The molecule has 1 aliphatic rings. The summed E-state index contributed by atoms with van der Waals surface area (Å²) in [4.78, 5) is 29.0. The monoisotopic (exact) mass is 314 g/mol. The molecular formula is C18H22N2O3. The maximum absolute atomic E-state index is 12.8. The molecule has 1 amide bonds. The highest BCUT2D eigenvalue weighted by molar-refractivity contribution is 6.00. The first-order valence-electron chi connectivity index (χ1n) is 8.00. The first kappa shape index (κ1) is 15.6. The van der Waals surface area contributed by atoms with Crippen LogP contribution in [0, 0.1) is 19.8 Å². The molecule has 2 unspecified atom stereocenters. The van der Waals surface area contributed by atoms with Crippen molar-refractivity contribution in [1.29, 1.82) is 0 Å². The zero-order valence-corrected chi connectivity index (χ0v) is 13.7. The number of hydrogen-bond acceptors (Lipinski definition) is 2. The normalized spacial score (nSPS) is 21.6. The lowest BCUT2D eigenvalue weighted by Crippen LogP contribution is -2.49. The van der Waals surface area contributed by atoms with E-state index >= 15 is 0 Å². The van der Waals surface area contributed by atoms with E-state index in [2.05, 4.69) is 11.1 Å². The van der Waals surface area contributed by atoms with Crippen molar-refractivity contribution in [2.24, 2.45) is 5.92 Å². The molecule has 1 fully saturated rings. The molecule has 3 rings (SSSR count). The average molecular weight is 314 g/mol. The number of nitrogens with one attached hydrogen (secondary N) is 1. The van der Waals surface area contributed by atoms with Gasteiger partial charge in [-0.25, -0.2) is 4.79 Å². The molecule has 1 aromatic carbocycles. The molecule has 2 atom stereocenters. The molecule has 0 bridgehead atoms. The largest absolute Gasteiger partial charge is 0.480 e. The number of rotatable bonds is 2. The third kappa shape index (κ3) is 2.83. The highest BCUT2D eigenvalue weighted by atomic mass is 16.4. The number of hydrogen-bond donors (Lipinski definition) is 2. The molecular weight excluding hydrogens is 292 g/mol. The van der Waals surface area contributed by atoms with Crippen LogP contribution in [0.5, 0.6) is 0 Å². The Bertz CT molecular complexity index is 778. The second-order valence-corrected chi connectivity index (χ2v) is 6.71. The Kier molecular flexibility index (Phi) is 3.88. The van der Waals surface area contributed by atoms with Gasteiger partial charge in [0, 0.05) is 17.4 Å². The number of aliphatic carboxylic acids is 1. The number of amides is 1. The predicted octanol–water partition coefficient (Wildman–Crippen LogP) is 3.11. The zero-order valence-electron chi connectivity index (χ0n) is 13.7. The van der Waals surface area contributed by atoms with Crippen molar-refractivity contribution < 1.29 is 14.7 Å². The number of carboxylic acid groups (broad SMARTS) is 1. The van der Waals surface area contributed by atoms with Gasteiger partial charge in [-0.2, -0.15) is 0 Å². The molecule has 122 valence electrons. The molecule has 0 saturated carbocycles. The van der Waals surface area contributed by atoms with Gasteiger partial charge < -0.3 is 15.0 Å². The highest BCUT2D eigenvalue weighted by Gasteiger charge is 2.35. The minimum Gasteiger partial charge on any atom is -0.480 e. The molecule has 5 heteroatoms. The molecule has 1 aromatic heterocycles. The fourth-order valence-corrected chi connectivity index (χ4v) is 3.49. The van der Waals surface area contributed by atoms with Gasteiger partial charge in [-0.1, -0.05) is 13.0 Å². The molecule has 2 aromatic rings. The number of benzene rings is 1. The smallest absolute Gasteiger partial charge is 0.326 e. The summed E-state index contributed by atoms with van der Waals surface area (Å²) in [6.07, 6.45) is 1.35. The number of aryl methyl sites for hydroxylation is 2. The van der Waals surface area contributed by atoms with E-state index in [4.69, 9.17) is 0 Å². The summed E-state index contributed by atoms with van der Waals surface area (Å²) < 4.78 is 0. The third-order valence-electron chi connectivity index (χ3n) is 4.73. The first-order valence-corrected chi connectivity index (χ1v) is 8.00. The van der Waals surface area contributed by atoms with Gasteiger partial charge in [0.15, 0.2) is 0 Å². The molecule has 2 N–H and O–H groups in total. The third-order valence-corrected chi connectivity index (χ3v) is 4.73. The van der Waals surface area contributed by atoms with Crippen LogP contribution in [0.15, 0.2) is 18.2 Å². The van der Waals surface area contributed by atoms with E-state index in [0.717, 1.165) is 28.5 Å². The maximum atomic E-state index is 12.8. The van der Waals surface area contributed by atoms with Crippen LogP contribution in [0.2, 0.25) is 0 Å². The van der Waals surface area contributed by atoms with E-state index in [1.54, 1.807) is 0 Å². The van der Waals surface area contributed by atoms with Crippen molar-refractivity contribution in [1.82, 2.24) is 9.88 Å². The number of likely N-dealkylation sites (tertiary alicyclic amines) is 1. The van der Waals surface area contributed by atoms with Crippen LogP contribution in [0.25, 0.3) is 10.9 Å². The van der Waals surface area contributed by atoms with E-state index < -0.39 is 12.0 Å². The average Bonchev–Trinajstić information content (AvgIpc) is 2.90. The second-order valence-electron chi connectivity index (χ2n) is 6.71. The van der Waals surface area contributed by atoms with Crippen LogP contribution in [0.4, 0.5) is 0 Å². The summed E-state index contributed by atoms with van der Waals surface area (Å²) in [5, 5.41) is 10.4. The number of fused-ring (bicyclic) bond motifs is 1. The number of carboxylic acids is 1. The van der Waals surface area contributed by atoms with Crippen LogP contribution < -0.4 is 0 Å². The Morgan fingerprint density at radius 2 is 2.00 bits per heavy atom. The lowest BCUT2D eigenvalue weighted by atomic mass is 9.92. The van der Waals surface area contributed by atoms with Crippen LogP contribution in [-0.2, 0) is 4.79 Å². The number of carbonyl (C=O) groups excluding carboxylic acids is 1. The van der Waals surface area contributed by atoms with E-state index in [1.807, 2.05) is 32.9 Å². The van der Waals surface area contributed by atoms with Crippen LogP contribution in [0.1, 0.15) is 41.4 Å². The number of H-pyrrole nitrogens is 1. The fraction of sp³-hybridized carbons (Fsp3) is 0.444. The molecule has 1 aliphatic heterocycles. The fourth-order valence-electron chi connectivity index (χ4n) is 3.49. The number of aromatic nitrogens is 1. The Morgan fingerprint density at radius 3 is 2.70 bits per heavy atom. The van der Waals surface area contributed by atoms with E-state index in [0.29, 0.717) is 24.6 Å². The quantitative estimate of drug-likeness (QED) is 0.894. The summed E-state index contributed by atoms with van der Waals surface area (Å²) in [6.45, 7) is 6.55. The first-order chi connectivity index (χ1) is 10.9. The molecule has 5 nitrogen and oxygen atoms in total. The Morgan fingerprint density at radius 1 is 1.26 bits per heavy atom. The minimum atomic E-state index is -0.923. The van der Waals surface area contributed by atoms with Crippen LogP contribution >= 0.6 is 0 Å². The van der Waals surface area contributed by atoms with E-state index in [9.17, 15) is 14.7 Å². The lowest BCUT2D eigenvalue weighted by molar-refractivity contribution is -0.144. The lowest BCUT2D eigenvalue weighted by Gasteiger charge is -2.35. The standard InChI is InChI=1S/C18H22N2O3/c1-10-4-5-20(16(8-10)18(22)23)17(21)15-9-13-12(3)6-11(2)7-14(13)19-15/h6-7,9-10,16,19H,4-5,8H2,1-3H3,(H,22,23). The topological polar surface area (TPSA) is 73.4 Å². The SMILES string of the molecule is Cc1cc(C)c2cc(C(=O)N3CCC(C)CC3C(=O)O)[nH]c2c1. The molecule has 23 heavy (non-hydrogen) atoms. The van der Waals surface area contributed by atoms with Crippen LogP contribution in [0.3, 0.4) is 0 Å². The second kappa shape index (κ2) is 5.72. The van der Waals surface area contributed by atoms with Gasteiger partial charge in [0.05, 0.1) is 0 Å². The van der Waals surface area contributed by atoms with Gasteiger partial charge in [0.2, 0.25) is 0 Å². The summed E-state index contributed by atoms with van der Waals surface area (Å²) in [5.74, 6) is -0.821. The zero-order chi connectivity index (χ0) is 16.7. The van der Waals surface area contributed by atoms with Crippen LogP contribution in [-0.4, -0.2) is 39.5 Å². The van der Waals surface area contributed by atoms with Gasteiger partial charge in [-0.3, -0.25) is 4.79 Å². The summed E-state index contributed by atoms with van der Waals surface area (Å²) in [6, 6.07) is 5.18. The van der Waals surface area contributed by atoms with Crippen molar-refractivity contribution in [2.45, 2.75) is 39.7 Å². The van der Waals surface area contributed by atoms with Gasteiger partial charge in [0.1, 0.15) is 11.7 Å². The molecule has 0 spiro atoms. The summed E-state index contributed by atoms with van der Waals surface area (Å²) in [7, 11) is 0. The van der Waals surface area contributed by atoms with Crippen molar-refractivity contribution >= 4 is 22.8 Å². The minimum absolute atomic E-state index is 0.224. The van der Waals surface area contributed by atoms with Gasteiger partial charge in [0.25, 0.3) is 5.91 Å². The van der Waals surface area contributed by atoms with Crippen molar-refractivity contribution in [3.8, 4) is 0 Å². The van der Waals surface area contributed by atoms with Gasteiger partial charge in [-0.15, -0.1) is 0 Å². The number of nitrogens with zero attached hydrogens (tertiary/aromatic N) is 1. The number of piperidine rings is 1.